The van der Waals surface area contributed by atoms with Gasteiger partial charge in [-0.1, -0.05) is 11.6 Å². The van der Waals surface area contributed by atoms with Crippen molar-refractivity contribution in [1.29, 1.82) is 0 Å². The molecular weight excluding hydrogens is 312 g/mol. The Morgan fingerprint density at radius 3 is 2.71 bits per heavy atom. The number of rotatable bonds is 1. The fourth-order valence-electron chi connectivity index (χ4n) is 1.21. The smallest absolute Gasteiger partial charge is 0.129 e. The molecule has 3 nitrogen and oxygen atoms in total. The van der Waals surface area contributed by atoms with Gasteiger partial charge < -0.3 is 4.57 Å². The van der Waals surface area contributed by atoms with Crippen LogP contribution in [-0.2, 0) is 0 Å². The van der Waals surface area contributed by atoms with E-state index in [1.165, 1.54) is 0 Å². The van der Waals surface area contributed by atoms with Crippen LogP contribution in [0.5, 0.6) is 0 Å². The third-order valence-electron chi connectivity index (χ3n) is 1.84. The highest BCUT2D eigenvalue weighted by molar-refractivity contribution is 14.1. The molecule has 0 N–H and O–H groups in total. The molecule has 5 heteroatoms. The number of imidazole rings is 1. The minimum Gasteiger partial charge on any atom is -0.301 e. The van der Waals surface area contributed by atoms with E-state index in [1.807, 2.05) is 23.8 Å². The molecule has 0 spiro atoms. The van der Waals surface area contributed by atoms with Gasteiger partial charge in [0.15, 0.2) is 0 Å². The lowest BCUT2D eigenvalue weighted by Gasteiger charge is -2.02. The Labute approximate surface area is 100 Å². The summed E-state index contributed by atoms with van der Waals surface area (Å²) in [4.78, 5) is 8.32. The summed E-state index contributed by atoms with van der Waals surface area (Å²) in [5.74, 6) is 0.943. The summed E-state index contributed by atoms with van der Waals surface area (Å²) in [7, 11) is 0. The molecule has 2 aromatic rings. The molecule has 0 aromatic carbocycles. The Hall–Kier alpha value is -0.620. The molecule has 0 saturated carbocycles. The van der Waals surface area contributed by atoms with Crippen LogP contribution in [0.4, 0.5) is 0 Å². The maximum absolute atomic E-state index is 5.71. The van der Waals surface area contributed by atoms with Crippen molar-refractivity contribution in [2.24, 2.45) is 0 Å². The zero-order valence-electron chi connectivity index (χ0n) is 7.41. The Morgan fingerprint density at radius 1 is 1.43 bits per heavy atom. The Bertz CT molecular complexity index is 450. The van der Waals surface area contributed by atoms with Crippen LogP contribution in [-0.4, -0.2) is 14.5 Å². The number of hydrogen-bond donors (Lipinski definition) is 0. The molecule has 0 atom stereocenters. The van der Waals surface area contributed by atoms with Gasteiger partial charge in [0.25, 0.3) is 0 Å². The maximum atomic E-state index is 5.71. The fraction of sp³-hybridized carbons (Fsp3) is 0.111. The first kappa shape index (κ1) is 9.92. The van der Waals surface area contributed by atoms with E-state index in [-0.39, 0.29) is 0 Å². The van der Waals surface area contributed by atoms with Crippen LogP contribution in [0.2, 0.25) is 5.15 Å². The number of aryl methyl sites for hydroxylation is 1. The molecule has 0 aliphatic heterocycles. The average molecular weight is 320 g/mol. The van der Waals surface area contributed by atoms with Gasteiger partial charge in [-0.2, -0.15) is 0 Å². The predicted molar refractivity (Wildman–Crippen MR) is 63.8 cm³/mol. The van der Waals surface area contributed by atoms with Gasteiger partial charge >= 0.3 is 0 Å². The molecule has 2 aromatic heterocycles. The highest BCUT2D eigenvalue weighted by Crippen LogP contribution is 2.14. The van der Waals surface area contributed by atoms with Crippen LogP contribution in [0.15, 0.2) is 24.5 Å². The van der Waals surface area contributed by atoms with Gasteiger partial charge in [-0.05, 0) is 41.6 Å². The van der Waals surface area contributed by atoms with E-state index in [1.54, 1.807) is 12.3 Å². The lowest BCUT2D eigenvalue weighted by atomic mass is 10.4. The largest absolute Gasteiger partial charge is 0.301 e. The zero-order chi connectivity index (χ0) is 10.1. The van der Waals surface area contributed by atoms with Crippen LogP contribution >= 0.6 is 34.2 Å². The van der Waals surface area contributed by atoms with E-state index in [0.29, 0.717) is 5.15 Å². The molecule has 0 amide bonds. The van der Waals surface area contributed by atoms with Crippen LogP contribution in [0.25, 0.3) is 5.69 Å². The van der Waals surface area contributed by atoms with E-state index in [9.17, 15) is 0 Å². The van der Waals surface area contributed by atoms with Gasteiger partial charge in [0.05, 0.1) is 11.9 Å². The van der Waals surface area contributed by atoms with Gasteiger partial charge in [0, 0.05) is 6.20 Å². The van der Waals surface area contributed by atoms with Crippen molar-refractivity contribution in [2.75, 3.05) is 0 Å². The van der Waals surface area contributed by atoms with E-state index in [2.05, 4.69) is 32.6 Å². The molecule has 0 unspecified atom stereocenters. The molecule has 0 bridgehead atoms. The van der Waals surface area contributed by atoms with Crippen molar-refractivity contribution in [3.05, 3.63) is 39.2 Å². The second-order valence-electron chi connectivity index (χ2n) is 2.82. The Morgan fingerprint density at radius 2 is 2.21 bits per heavy atom. The van der Waals surface area contributed by atoms with Gasteiger partial charge in [-0.25, -0.2) is 9.97 Å². The highest BCUT2D eigenvalue weighted by Gasteiger charge is 2.03. The maximum Gasteiger partial charge on any atom is 0.129 e. The number of nitrogens with zero attached hydrogens (tertiary/aromatic N) is 3. The SMILES string of the molecule is Cc1nc(I)cn1-c1ccc(Cl)nc1. The average Bonchev–Trinajstić information content (AvgIpc) is 2.47. The monoisotopic (exact) mass is 319 g/mol. The number of pyridine rings is 1. The first-order chi connectivity index (χ1) is 6.66. The summed E-state index contributed by atoms with van der Waals surface area (Å²) >= 11 is 7.89. The lowest BCUT2D eigenvalue weighted by Crippen LogP contribution is -1.95. The molecular formula is C9H7ClIN3. The molecule has 0 fully saturated rings. The van der Waals surface area contributed by atoms with Crippen LogP contribution < -0.4 is 0 Å². The van der Waals surface area contributed by atoms with Crippen molar-refractivity contribution < 1.29 is 0 Å². The zero-order valence-corrected chi connectivity index (χ0v) is 10.3. The van der Waals surface area contributed by atoms with Gasteiger partial charge in [-0.15, -0.1) is 0 Å². The quantitative estimate of drug-likeness (QED) is 0.598. The second kappa shape index (κ2) is 3.86. The third kappa shape index (κ3) is 1.90. The normalized spacial score (nSPS) is 10.5. The lowest BCUT2D eigenvalue weighted by molar-refractivity contribution is 0.965. The van der Waals surface area contributed by atoms with Crippen molar-refractivity contribution in [2.45, 2.75) is 6.92 Å². The molecule has 0 aliphatic carbocycles. The summed E-state index contributed by atoms with van der Waals surface area (Å²) in [6.45, 7) is 1.96. The van der Waals surface area contributed by atoms with Crippen molar-refractivity contribution in [1.82, 2.24) is 14.5 Å². The van der Waals surface area contributed by atoms with Gasteiger partial charge in [-0.3, -0.25) is 0 Å². The first-order valence-electron chi connectivity index (χ1n) is 4.00. The van der Waals surface area contributed by atoms with Crippen molar-refractivity contribution in [3.63, 3.8) is 0 Å². The summed E-state index contributed by atoms with van der Waals surface area (Å²) < 4.78 is 2.94. The molecule has 0 radical (unpaired) electrons. The van der Waals surface area contributed by atoms with Crippen molar-refractivity contribution in [3.8, 4) is 5.69 Å². The second-order valence-corrected chi connectivity index (χ2v) is 4.31. The fourth-order valence-corrected chi connectivity index (χ4v) is 1.95. The minimum absolute atomic E-state index is 0.501. The highest BCUT2D eigenvalue weighted by atomic mass is 127. The molecule has 0 aliphatic rings. The van der Waals surface area contributed by atoms with Gasteiger partial charge in [0.2, 0.25) is 0 Å². The van der Waals surface area contributed by atoms with Gasteiger partial charge in [0.1, 0.15) is 14.7 Å². The summed E-state index contributed by atoms with van der Waals surface area (Å²) in [5.41, 5.74) is 0.974. The van der Waals surface area contributed by atoms with E-state index >= 15 is 0 Å². The first-order valence-corrected chi connectivity index (χ1v) is 5.46. The van der Waals surface area contributed by atoms with Crippen LogP contribution in [0.1, 0.15) is 5.82 Å². The number of aromatic nitrogens is 3. The molecule has 14 heavy (non-hydrogen) atoms. The third-order valence-corrected chi connectivity index (χ3v) is 2.59. The van der Waals surface area contributed by atoms with E-state index < -0.39 is 0 Å². The standard InChI is InChI=1S/C9H7ClIN3/c1-6-13-9(11)5-14(6)7-2-3-8(10)12-4-7/h2-5H,1H3. The van der Waals surface area contributed by atoms with E-state index in [0.717, 1.165) is 15.2 Å². The summed E-state index contributed by atoms with van der Waals surface area (Å²) in [5, 5.41) is 0.501. The predicted octanol–water partition coefficient (Wildman–Crippen LogP) is 2.83. The Kier molecular flexibility index (Phi) is 2.73. The minimum atomic E-state index is 0.501. The van der Waals surface area contributed by atoms with E-state index in [4.69, 9.17) is 11.6 Å². The topological polar surface area (TPSA) is 30.7 Å². The number of hydrogen-bond acceptors (Lipinski definition) is 2. The molecule has 2 rings (SSSR count). The van der Waals surface area contributed by atoms with Crippen molar-refractivity contribution >= 4 is 34.2 Å². The molecule has 72 valence electrons. The van der Waals surface area contributed by atoms with Crippen LogP contribution in [0.3, 0.4) is 0 Å². The molecule has 0 saturated heterocycles. The summed E-state index contributed by atoms with van der Waals surface area (Å²) in [6, 6.07) is 3.68. The number of halogens is 2. The van der Waals surface area contributed by atoms with Crippen LogP contribution in [0, 0.1) is 10.6 Å². The molecule has 2 heterocycles. The Balaban J connectivity index is 2.49. The summed E-state index contributed by atoms with van der Waals surface area (Å²) in [6.07, 6.45) is 3.69.